The van der Waals surface area contributed by atoms with Gasteiger partial charge in [0.05, 0.1) is 17.1 Å². The Kier molecular flexibility index (Phi) is 8.19. The Morgan fingerprint density at radius 2 is 2.00 bits per heavy atom. The summed E-state index contributed by atoms with van der Waals surface area (Å²) >= 11 is 0. The number of hydrogen-bond acceptors (Lipinski definition) is 7. The van der Waals surface area contributed by atoms with Crippen molar-refractivity contribution in [2.75, 3.05) is 25.6 Å². The van der Waals surface area contributed by atoms with Crippen LogP contribution in [-0.4, -0.2) is 49.2 Å². The summed E-state index contributed by atoms with van der Waals surface area (Å²) in [5.41, 5.74) is 0.0489. The summed E-state index contributed by atoms with van der Waals surface area (Å²) in [6.07, 6.45) is 4.20. The van der Waals surface area contributed by atoms with E-state index >= 15 is 0 Å². The number of amides is 1. The number of carbonyl (C=O) groups is 2. The Bertz CT molecular complexity index is 703. The van der Waals surface area contributed by atoms with Gasteiger partial charge >= 0.3 is 5.97 Å². The highest BCUT2D eigenvalue weighted by molar-refractivity contribution is 5.93. The third kappa shape index (κ3) is 6.19. The number of benzene rings is 1. The highest BCUT2D eigenvalue weighted by Gasteiger charge is 2.24. The number of ether oxygens (including phenoxy) is 2. The first-order valence-electron chi connectivity index (χ1n) is 9.45. The van der Waals surface area contributed by atoms with Crippen molar-refractivity contribution in [2.45, 2.75) is 51.2 Å². The van der Waals surface area contributed by atoms with E-state index in [1.807, 2.05) is 0 Å². The average molecular weight is 393 g/mol. The number of hydrogen-bond donors (Lipinski definition) is 2. The van der Waals surface area contributed by atoms with Crippen molar-refractivity contribution >= 4 is 23.3 Å². The fourth-order valence-electron chi connectivity index (χ4n) is 3.09. The molecule has 2 rings (SSSR count). The zero-order valence-electron chi connectivity index (χ0n) is 16.2. The molecule has 1 atom stereocenters. The Morgan fingerprint density at radius 3 is 2.64 bits per heavy atom. The topological polar surface area (TPSA) is 120 Å². The van der Waals surface area contributed by atoms with Gasteiger partial charge in [-0.2, -0.15) is 0 Å². The molecule has 0 heterocycles. The van der Waals surface area contributed by atoms with E-state index in [2.05, 4.69) is 10.6 Å². The van der Waals surface area contributed by atoms with Crippen molar-refractivity contribution in [3.8, 4) is 0 Å². The molecule has 1 saturated carbocycles. The monoisotopic (exact) mass is 393 g/mol. The zero-order chi connectivity index (χ0) is 20.5. The molecular formula is C19H27N3O6. The predicted molar refractivity (Wildman–Crippen MR) is 103 cm³/mol. The van der Waals surface area contributed by atoms with E-state index in [-0.39, 0.29) is 28.9 Å². The number of rotatable bonds is 9. The molecule has 1 aliphatic rings. The molecule has 154 valence electrons. The molecule has 0 radical (unpaired) electrons. The van der Waals surface area contributed by atoms with Crippen molar-refractivity contribution in [3.63, 3.8) is 0 Å². The molecule has 1 amide bonds. The number of carbonyl (C=O) groups excluding carboxylic acids is 2. The van der Waals surface area contributed by atoms with E-state index < -0.39 is 17.0 Å². The van der Waals surface area contributed by atoms with Crippen LogP contribution in [0.3, 0.4) is 0 Å². The standard InChI is InChI=1S/C19H27N3O6/c1-13(18(23)21-15-6-4-3-5-7-15)28-19(24)14-8-9-16(20-10-11-27-2)17(12-14)22(25)26/h8-9,12-13,15,20H,3-7,10-11H2,1-2H3,(H,21,23). The molecule has 2 N–H and O–H groups in total. The van der Waals surface area contributed by atoms with Gasteiger partial charge in [0.25, 0.3) is 11.6 Å². The summed E-state index contributed by atoms with van der Waals surface area (Å²) in [4.78, 5) is 35.3. The van der Waals surface area contributed by atoms with E-state index in [1.165, 1.54) is 32.6 Å². The second-order valence-corrected chi connectivity index (χ2v) is 6.80. The molecule has 1 unspecified atom stereocenters. The van der Waals surface area contributed by atoms with Crippen LogP contribution in [0.1, 0.15) is 49.4 Å². The van der Waals surface area contributed by atoms with Gasteiger partial charge in [-0.25, -0.2) is 4.79 Å². The minimum Gasteiger partial charge on any atom is -0.449 e. The molecule has 1 fully saturated rings. The van der Waals surface area contributed by atoms with Crippen molar-refractivity contribution in [3.05, 3.63) is 33.9 Å². The number of methoxy groups -OCH3 is 1. The highest BCUT2D eigenvalue weighted by Crippen LogP contribution is 2.26. The van der Waals surface area contributed by atoms with E-state index in [4.69, 9.17) is 9.47 Å². The van der Waals surface area contributed by atoms with Crippen LogP contribution in [0.15, 0.2) is 18.2 Å². The molecule has 0 saturated heterocycles. The van der Waals surface area contributed by atoms with Crippen LogP contribution in [0.5, 0.6) is 0 Å². The van der Waals surface area contributed by atoms with E-state index in [9.17, 15) is 19.7 Å². The maximum absolute atomic E-state index is 12.3. The number of nitrogens with one attached hydrogen (secondary N) is 2. The summed E-state index contributed by atoms with van der Waals surface area (Å²) in [6, 6.07) is 4.12. The van der Waals surface area contributed by atoms with E-state index in [0.29, 0.717) is 13.2 Å². The molecule has 0 bridgehead atoms. The van der Waals surface area contributed by atoms with Crippen LogP contribution in [-0.2, 0) is 14.3 Å². The van der Waals surface area contributed by atoms with Gasteiger partial charge in [-0.1, -0.05) is 19.3 Å². The Labute approximate surface area is 163 Å². The Balaban J connectivity index is 1.99. The quantitative estimate of drug-likeness (QED) is 0.286. The minimum absolute atomic E-state index is 0.0151. The van der Waals surface area contributed by atoms with Crippen molar-refractivity contribution in [1.29, 1.82) is 0 Å². The molecule has 0 aromatic heterocycles. The summed E-state index contributed by atoms with van der Waals surface area (Å²) < 4.78 is 10.1. The summed E-state index contributed by atoms with van der Waals surface area (Å²) in [5, 5.41) is 17.1. The van der Waals surface area contributed by atoms with Crippen molar-refractivity contribution in [1.82, 2.24) is 5.32 Å². The SMILES string of the molecule is COCCNc1ccc(C(=O)OC(C)C(=O)NC2CCCCC2)cc1[N+](=O)[O-]. The number of nitro groups is 1. The molecule has 0 aliphatic heterocycles. The number of esters is 1. The molecule has 9 nitrogen and oxygen atoms in total. The van der Waals surface area contributed by atoms with Gasteiger partial charge in [0.15, 0.2) is 6.10 Å². The van der Waals surface area contributed by atoms with Crippen LogP contribution in [0, 0.1) is 10.1 Å². The summed E-state index contributed by atoms with van der Waals surface area (Å²) in [7, 11) is 1.53. The lowest BCUT2D eigenvalue weighted by Gasteiger charge is -2.24. The molecule has 9 heteroatoms. The van der Waals surface area contributed by atoms with Crippen LogP contribution < -0.4 is 10.6 Å². The van der Waals surface area contributed by atoms with Gasteiger partial charge in [0, 0.05) is 25.8 Å². The van der Waals surface area contributed by atoms with E-state index in [0.717, 1.165) is 31.7 Å². The van der Waals surface area contributed by atoms with Gasteiger partial charge in [0.2, 0.25) is 0 Å². The van der Waals surface area contributed by atoms with Gasteiger partial charge in [0.1, 0.15) is 5.69 Å². The minimum atomic E-state index is -0.979. The fourth-order valence-corrected chi connectivity index (χ4v) is 3.09. The van der Waals surface area contributed by atoms with Crippen LogP contribution >= 0.6 is 0 Å². The summed E-state index contributed by atoms with van der Waals surface area (Å²) in [6.45, 7) is 2.26. The first kappa shape index (κ1) is 21.6. The second-order valence-electron chi connectivity index (χ2n) is 6.80. The van der Waals surface area contributed by atoms with Gasteiger partial charge < -0.3 is 20.1 Å². The molecular weight excluding hydrogens is 366 g/mol. The number of anilines is 1. The smallest absolute Gasteiger partial charge is 0.339 e. The summed E-state index contributed by atoms with van der Waals surface area (Å²) in [5.74, 6) is -1.13. The lowest BCUT2D eigenvalue weighted by molar-refractivity contribution is -0.384. The first-order valence-corrected chi connectivity index (χ1v) is 9.45. The molecule has 1 aromatic rings. The van der Waals surface area contributed by atoms with Crippen molar-refractivity contribution in [2.24, 2.45) is 0 Å². The molecule has 1 aliphatic carbocycles. The zero-order valence-corrected chi connectivity index (χ0v) is 16.2. The Morgan fingerprint density at radius 1 is 1.29 bits per heavy atom. The number of nitrogens with zero attached hydrogens (tertiary/aromatic N) is 1. The van der Waals surface area contributed by atoms with E-state index in [1.54, 1.807) is 0 Å². The highest BCUT2D eigenvalue weighted by atomic mass is 16.6. The first-order chi connectivity index (χ1) is 13.4. The second kappa shape index (κ2) is 10.6. The van der Waals surface area contributed by atoms with Gasteiger partial charge in [-0.15, -0.1) is 0 Å². The van der Waals surface area contributed by atoms with Crippen LogP contribution in [0.25, 0.3) is 0 Å². The van der Waals surface area contributed by atoms with Crippen LogP contribution in [0.4, 0.5) is 11.4 Å². The molecule has 1 aromatic carbocycles. The lowest BCUT2D eigenvalue weighted by atomic mass is 9.95. The molecule has 28 heavy (non-hydrogen) atoms. The fraction of sp³-hybridized carbons (Fsp3) is 0.579. The van der Waals surface area contributed by atoms with Gasteiger partial charge in [-0.05, 0) is 31.9 Å². The Hall–Kier alpha value is -2.68. The molecule has 0 spiro atoms. The normalized spacial score (nSPS) is 15.5. The maximum atomic E-state index is 12.3. The van der Waals surface area contributed by atoms with Crippen LogP contribution in [0.2, 0.25) is 0 Å². The van der Waals surface area contributed by atoms with Gasteiger partial charge in [-0.3, -0.25) is 14.9 Å². The maximum Gasteiger partial charge on any atom is 0.339 e. The predicted octanol–water partition coefficient (Wildman–Crippen LogP) is 2.65. The lowest BCUT2D eigenvalue weighted by Crippen LogP contribution is -2.42. The largest absolute Gasteiger partial charge is 0.449 e. The number of nitro benzene ring substituents is 1. The van der Waals surface area contributed by atoms with Crippen molar-refractivity contribution < 1.29 is 24.0 Å². The third-order valence-corrected chi connectivity index (χ3v) is 4.66. The third-order valence-electron chi connectivity index (χ3n) is 4.66. The average Bonchev–Trinajstić information content (AvgIpc) is 2.68.